The number of anilines is 1. The molecule has 0 bridgehead atoms. The van der Waals surface area contributed by atoms with E-state index in [9.17, 15) is 4.79 Å². The number of hydrogen-bond acceptors (Lipinski definition) is 2. The monoisotopic (exact) mass is 378 g/mol. The molecule has 0 aliphatic rings. The minimum Gasteiger partial charge on any atom is -0.380 e. The molecule has 2 rings (SSSR count). The van der Waals surface area contributed by atoms with E-state index in [0.717, 1.165) is 22.4 Å². The average Bonchev–Trinajstić information content (AvgIpc) is 2.56. The predicted octanol–water partition coefficient (Wildman–Crippen LogP) is 6.11. The second-order valence-corrected chi connectivity index (χ2v) is 8.93. The predicted molar refractivity (Wildman–Crippen MR) is 122 cm³/mol. The van der Waals surface area contributed by atoms with Crippen molar-refractivity contribution in [1.29, 1.82) is 0 Å². The van der Waals surface area contributed by atoms with Crippen LogP contribution in [0.15, 0.2) is 42.0 Å². The number of rotatable bonds is 5. The van der Waals surface area contributed by atoms with Crippen molar-refractivity contribution in [2.75, 3.05) is 5.32 Å². The second kappa shape index (κ2) is 8.64. The molecule has 0 fully saturated rings. The molecule has 0 radical (unpaired) electrons. The number of aryl methyl sites for hydroxylation is 2. The highest BCUT2D eigenvalue weighted by Gasteiger charge is 2.11. The van der Waals surface area contributed by atoms with Crippen molar-refractivity contribution in [1.82, 2.24) is 5.32 Å². The van der Waals surface area contributed by atoms with Crippen molar-refractivity contribution in [3.8, 4) is 11.1 Å². The van der Waals surface area contributed by atoms with Gasteiger partial charge in [0.2, 0.25) is 5.91 Å². The Labute approximate surface area is 170 Å². The lowest BCUT2D eigenvalue weighted by atomic mass is 9.94. The molecule has 0 atom stereocenters. The summed E-state index contributed by atoms with van der Waals surface area (Å²) in [5.74, 6) is -0.0157. The van der Waals surface area contributed by atoms with E-state index in [4.69, 9.17) is 0 Å². The van der Waals surface area contributed by atoms with Crippen LogP contribution in [0.4, 0.5) is 5.69 Å². The molecule has 28 heavy (non-hydrogen) atoms. The normalized spacial score (nSPS) is 12.2. The van der Waals surface area contributed by atoms with Crippen LogP contribution in [0.3, 0.4) is 0 Å². The minimum atomic E-state index is -0.0157. The Morgan fingerprint density at radius 3 is 2.14 bits per heavy atom. The highest BCUT2D eigenvalue weighted by molar-refractivity contribution is 5.97. The van der Waals surface area contributed by atoms with E-state index in [2.05, 4.69) is 81.7 Å². The summed E-state index contributed by atoms with van der Waals surface area (Å²) in [5, 5.41) is 6.44. The van der Waals surface area contributed by atoms with Gasteiger partial charge < -0.3 is 10.6 Å². The second-order valence-electron chi connectivity index (χ2n) is 8.93. The van der Waals surface area contributed by atoms with Gasteiger partial charge in [0.15, 0.2) is 0 Å². The van der Waals surface area contributed by atoms with Gasteiger partial charge in [0.05, 0.1) is 0 Å². The van der Waals surface area contributed by atoms with Gasteiger partial charge in [-0.3, -0.25) is 4.79 Å². The van der Waals surface area contributed by atoms with E-state index in [-0.39, 0.29) is 17.5 Å². The van der Waals surface area contributed by atoms with Crippen LogP contribution in [0.5, 0.6) is 0 Å². The third-order valence-corrected chi connectivity index (χ3v) is 4.48. The summed E-state index contributed by atoms with van der Waals surface area (Å²) >= 11 is 0. The van der Waals surface area contributed by atoms with Crippen molar-refractivity contribution in [2.45, 2.75) is 67.0 Å². The van der Waals surface area contributed by atoms with Crippen LogP contribution >= 0.6 is 0 Å². The minimum absolute atomic E-state index is 0.0157. The highest BCUT2D eigenvalue weighted by Crippen LogP contribution is 2.29. The SMILES string of the molecule is CC(=Cc1cc(C)c(-c2ccc(NC(C)(C)C)cc2)cc1C)C(=O)NC(C)C. The third kappa shape index (κ3) is 5.98. The first-order valence-corrected chi connectivity index (χ1v) is 9.95. The van der Waals surface area contributed by atoms with E-state index in [1.807, 2.05) is 26.8 Å². The van der Waals surface area contributed by atoms with Crippen LogP contribution in [0.2, 0.25) is 0 Å². The first-order valence-electron chi connectivity index (χ1n) is 9.95. The largest absolute Gasteiger partial charge is 0.380 e. The Balaban J connectivity index is 2.30. The molecule has 0 aliphatic heterocycles. The fourth-order valence-corrected chi connectivity index (χ4v) is 3.15. The standard InChI is InChI=1S/C25H34N2O/c1-16(2)26-24(28)19(5)14-21-13-18(4)23(15-17(21)3)20-9-11-22(12-10-20)27-25(6,7)8/h9-16,27H,1-8H3,(H,26,28). The van der Waals surface area contributed by atoms with Crippen LogP contribution in [0, 0.1) is 13.8 Å². The first kappa shape index (κ1) is 21.7. The van der Waals surface area contributed by atoms with Gasteiger partial charge in [-0.25, -0.2) is 0 Å². The molecule has 0 unspecified atom stereocenters. The summed E-state index contributed by atoms with van der Waals surface area (Å²) in [5.41, 5.74) is 7.76. The number of carbonyl (C=O) groups excluding carboxylic acids is 1. The van der Waals surface area contributed by atoms with Gasteiger partial charge in [-0.2, -0.15) is 0 Å². The van der Waals surface area contributed by atoms with Gasteiger partial charge in [0.25, 0.3) is 0 Å². The molecule has 3 heteroatoms. The molecular weight excluding hydrogens is 344 g/mol. The third-order valence-electron chi connectivity index (χ3n) is 4.48. The molecule has 0 saturated carbocycles. The van der Waals surface area contributed by atoms with Gasteiger partial charge in [-0.05, 0) is 101 Å². The summed E-state index contributed by atoms with van der Waals surface area (Å²) in [6.45, 7) is 16.5. The van der Waals surface area contributed by atoms with Gasteiger partial charge in [0.1, 0.15) is 0 Å². The number of amides is 1. The molecular formula is C25H34N2O. The van der Waals surface area contributed by atoms with Crippen molar-refractivity contribution >= 4 is 17.7 Å². The van der Waals surface area contributed by atoms with Crippen LogP contribution in [-0.4, -0.2) is 17.5 Å². The van der Waals surface area contributed by atoms with Crippen molar-refractivity contribution in [3.63, 3.8) is 0 Å². The molecule has 1 amide bonds. The van der Waals surface area contributed by atoms with Crippen molar-refractivity contribution in [3.05, 3.63) is 58.7 Å². The van der Waals surface area contributed by atoms with Crippen molar-refractivity contribution in [2.24, 2.45) is 0 Å². The first-order chi connectivity index (χ1) is 13.0. The molecule has 0 saturated heterocycles. The Kier molecular flexibility index (Phi) is 6.71. The Hall–Kier alpha value is -2.55. The van der Waals surface area contributed by atoms with Crippen molar-refractivity contribution < 1.29 is 4.79 Å². The van der Waals surface area contributed by atoms with Crippen LogP contribution in [0.1, 0.15) is 58.2 Å². The maximum atomic E-state index is 12.2. The molecule has 2 aromatic carbocycles. The Morgan fingerprint density at radius 1 is 1.00 bits per heavy atom. The molecule has 0 aliphatic carbocycles. The van der Waals surface area contributed by atoms with E-state index in [1.54, 1.807) is 0 Å². The lowest BCUT2D eigenvalue weighted by Crippen LogP contribution is -2.30. The molecule has 0 spiro atoms. The van der Waals surface area contributed by atoms with E-state index in [1.165, 1.54) is 16.7 Å². The number of benzene rings is 2. The smallest absolute Gasteiger partial charge is 0.247 e. The maximum absolute atomic E-state index is 12.2. The molecule has 2 aromatic rings. The lowest BCUT2D eigenvalue weighted by Gasteiger charge is -2.22. The molecule has 150 valence electrons. The Bertz CT molecular complexity index is 869. The molecule has 2 N–H and O–H groups in total. The summed E-state index contributed by atoms with van der Waals surface area (Å²) in [6, 6.07) is 13.1. The zero-order chi connectivity index (χ0) is 21.1. The van der Waals surface area contributed by atoms with E-state index >= 15 is 0 Å². The fraction of sp³-hybridized carbons (Fsp3) is 0.400. The maximum Gasteiger partial charge on any atom is 0.247 e. The van der Waals surface area contributed by atoms with Gasteiger partial charge in [-0.1, -0.05) is 24.3 Å². The average molecular weight is 379 g/mol. The summed E-state index contributed by atoms with van der Waals surface area (Å²) < 4.78 is 0. The summed E-state index contributed by atoms with van der Waals surface area (Å²) in [6.07, 6.45) is 1.97. The lowest BCUT2D eigenvalue weighted by molar-refractivity contribution is -0.117. The highest BCUT2D eigenvalue weighted by atomic mass is 16.1. The van der Waals surface area contributed by atoms with E-state index < -0.39 is 0 Å². The molecule has 3 nitrogen and oxygen atoms in total. The Morgan fingerprint density at radius 2 is 1.61 bits per heavy atom. The van der Waals surface area contributed by atoms with E-state index in [0.29, 0.717) is 0 Å². The molecule has 0 aromatic heterocycles. The number of hydrogen-bond donors (Lipinski definition) is 2. The summed E-state index contributed by atoms with van der Waals surface area (Å²) in [4.78, 5) is 12.2. The quantitative estimate of drug-likeness (QED) is 0.616. The fourth-order valence-electron chi connectivity index (χ4n) is 3.15. The van der Waals surface area contributed by atoms with Crippen LogP contribution < -0.4 is 10.6 Å². The molecule has 0 heterocycles. The zero-order valence-electron chi connectivity index (χ0n) is 18.5. The van der Waals surface area contributed by atoms with Gasteiger partial charge in [-0.15, -0.1) is 0 Å². The van der Waals surface area contributed by atoms with Crippen LogP contribution in [-0.2, 0) is 4.79 Å². The van der Waals surface area contributed by atoms with Gasteiger partial charge in [0, 0.05) is 22.8 Å². The van der Waals surface area contributed by atoms with Crippen LogP contribution in [0.25, 0.3) is 17.2 Å². The summed E-state index contributed by atoms with van der Waals surface area (Å²) in [7, 11) is 0. The van der Waals surface area contributed by atoms with Gasteiger partial charge >= 0.3 is 0 Å². The zero-order valence-corrected chi connectivity index (χ0v) is 18.5. The number of nitrogens with one attached hydrogen (secondary N) is 2. The topological polar surface area (TPSA) is 41.1 Å². The number of carbonyl (C=O) groups is 1.